The van der Waals surface area contributed by atoms with Crippen molar-refractivity contribution in [1.29, 1.82) is 0 Å². The molecule has 0 aromatic heterocycles. The van der Waals surface area contributed by atoms with Gasteiger partial charge >= 0.3 is 0 Å². The van der Waals surface area contributed by atoms with Crippen molar-refractivity contribution >= 4 is 33.0 Å². The van der Waals surface area contributed by atoms with Crippen LogP contribution in [0.5, 0.6) is 0 Å². The molecular weight excluding hydrogens is 503 g/mol. The molecule has 1 aliphatic heterocycles. The summed E-state index contributed by atoms with van der Waals surface area (Å²) in [5.41, 5.74) is 1.71. The first kappa shape index (κ1) is 28.4. The lowest BCUT2D eigenvalue weighted by Crippen LogP contribution is -2.66. The minimum absolute atomic E-state index is 0.0461. The summed E-state index contributed by atoms with van der Waals surface area (Å²) in [4.78, 5) is 11.9. The highest BCUT2D eigenvalue weighted by Crippen LogP contribution is 2.28. The van der Waals surface area contributed by atoms with Crippen LogP contribution in [0.15, 0.2) is 42.5 Å². The van der Waals surface area contributed by atoms with Gasteiger partial charge in [-0.2, -0.15) is 0 Å². The molecule has 1 heterocycles. The first-order valence-corrected chi connectivity index (χ1v) is 14.4. The van der Waals surface area contributed by atoms with Gasteiger partial charge in [0, 0.05) is 54.1 Å². The molecule has 3 atom stereocenters. The van der Waals surface area contributed by atoms with Crippen molar-refractivity contribution in [1.82, 2.24) is 16.0 Å². The van der Waals surface area contributed by atoms with E-state index in [-0.39, 0.29) is 37.4 Å². The maximum Gasteiger partial charge on any atom is 0.243 e. The average Bonchev–Trinajstić information content (AvgIpc) is 2.78. The topological polar surface area (TPSA) is 99.3 Å². The average molecular weight is 539 g/mol. The second kappa shape index (κ2) is 11.9. The Morgan fingerprint density at radius 2 is 1.92 bits per heavy atom. The highest BCUT2D eigenvalue weighted by Gasteiger charge is 2.43. The fourth-order valence-corrected chi connectivity index (χ4v) is 5.92. The van der Waals surface area contributed by atoms with Crippen molar-refractivity contribution in [2.45, 2.75) is 63.0 Å². The van der Waals surface area contributed by atoms with E-state index in [0.29, 0.717) is 29.2 Å². The normalized spacial score (nSPS) is 21.2. The van der Waals surface area contributed by atoms with Crippen molar-refractivity contribution in [2.75, 3.05) is 24.7 Å². The summed E-state index contributed by atoms with van der Waals surface area (Å²) < 4.78 is 40.6. The molecule has 1 saturated heterocycles. The predicted molar refractivity (Wildman–Crippen MR) is 144 cm³/mol. The lowest BCUT2D eigenvalue weighted by atomic mass is 9.99. The first-order chi connectivity index (χ1) is 16.9. The van der Waals surface area contributed by atoms with Crippen molar-refractivity contribution in [3.63, 3.8) is 0 Å². The molecule has 0 unspecified atom stereocenters. The Hall–Kier alpha value is -2.20. The smallest absolute Gasteiger partial charge is 0.243 e. The maximum atomic E-state index is 15.1. The lowest BCUT2D eigenvalue weighted by molar-refractivity contribution is -0.122. The predicted octanol–water partition coefficient (Wildman–Crippen LogP) is 3.28. The number of anilines is 1. The Labute approximate surface area is 218 Å². The number of halogens is 2. The third-order valence-electron chi connectivity index (χ3n) is 6.41. The number of hydrogen-bond donors (Lipinski definition) is 4. The number of benzene rings is 2. The fraction of sp³-hybridized carbons (Fsp3) is 0.500. The van der Waals surface area contributed by atoms with Crippen LogP contribution in [0.2, 0.25) is 5.02 Å². The molecule has 1 fully saturated rings. The summed E-state index contributed by atoms with van der Waals surface area (Å²) in [5, 5.41) is 13.2. The summed E-state index contributed by atoms with van der Waals surface area (Å²) in [6.45, 7) is 6.56. The summed E-state index contributed by atoms with van der Waals surface area (Å²) >= 11 is 6.01. The van der Waals surface area contributed by atoms with Gasteiger partial charge in [0.1, 0.15) is 16.7 Å². The molecule has 0 radical (unpaired) electrons. The number of rotatable bonds is 10. The number of carbonyl (C=O) groups excluding carboxylic acids is 1. The SMILES string of the molecule is CC(C)NC(=O)[C@H](Cc1ccc(Cl)cc1)Nc1cccc(F)c1CC[C@]1(S(C)(=O)=O)CNC[C@H](C)N1. The monoisotopic (exact) mass is 538 g/mol. The molecule has 1 aliphatic rings. The second-order valence-electron chi connectivity index (χ2n) is 9.90. The Kier molecular flexibility index (Phi) is 9.38. The van der Waals surface area contributed by atoms with Gasteiger partial charge in [-0.3, -0.25) is 10.1 Å². The standard InChI is InChI=1S/C26H36ClFN4O3S/c1-17(2)30-25(33)24(14-19-8-10-20(27)11-9-19)31-23-7-5-6-22(28)21(23)12-13-26(36(4,34)35)16-29-15-18(3)32-26/h5-11,17-18,24,29,31-32H,12-16H2,1-4H3,(H,30,33)/t18-,24-,26-/m0/s1. The van der Waals surface area contributed by atoms with Crippen LogP contribution in [-0.2, 0) is 27.5 Å². The molecule has 0 spiro atoms. The van der Waals surface area contributed by atoms with Crippen LogP contribution >= 0.6 is 11.6 Å². The van der Waals surface area contributed by atoms with Gasteiger partial charge in [0.2, 0.25) is 5.91 Å². The van der Waals surface area contributed by atoms with E-state index in [1.807, 2.05) is 32.9 Å². The number of sulfone groups is 1. The van der Waals surface area contributed by atoms with Gasteiger partial charge in [-0.05, 0) is 63.4 Å². The van der Waals surface area contributed by atoms with Gasteiger partial charge < -0.3 is 16.0 Å². The van der Waals surface area contributed by atoms with E-state index >= 15 is 4.39 Å². The van der Waals surface area contributed by atoms with Gasteiger partial charge in [-0.1, -0.05) is 29.8 Å². The highest BCUT2D eigenvalue weighted by molar-refractivity contribution is 7.92. The summed E-state index contributed by atoms with van der Waals surface area (Å²) in [5.74, 6) is -0.662. The first-order valence-electron chi connectivity index (χ1n) is 12.2. The van der Waals surface area contributed by atoms with Crippen LogP contribution in [-0.4, -0.2) is 56.7 Å². The van der Waals surface area contributed by atoms with Gasteiger partial charge in [0.15, 0.2) is 9.84 Å². The highest BCUT2D eigenvalue weighted by atomic mass is 35.5. The minimum Gasteiger partial charge on any atom is -0.373 e. The third-order valence-corrected chi connectivity index (χ3v) is 8.55. The zero-order valence-corrected chi connectivity index (χ0v) is 22.8. The molecule has 2 aromatic rings. The molecule has 4 N–H and O–H groups in total. The quantitative estimate of drug-likeness (QED) is 0.370. The van der Waals surface area contributed by atoms with Gasteiger partial charge in [-0.25, -0.2) is 12.8 Å². The molecule has 1 amide bonds. The molecule has 0 saturated carbocycles. The number of piperazine rings is 1. The van der Waals surface area contributed by atoms with E-state index in [0.717, 1.165) is 5.56 Å². The number of hydrogen-bond acceptors (Lipinski definition) is 6. The van der Waals surface area contributed by atoms with E-state index in [4.69, 9.17) is 11.6 Å². The molecule has 7 nitrogen and oxygen atoms in total. The third kappa shape index (κ3) is 7.18. The van der Waals surface area contributed by atoms with Crippen LogP contribution in [0.3, 0.4) is 0 Å². The largest absolute Gasteiger partial charge is 0.373 e. The summed E-state index contributed by atoms with van der Waals surface area (Å²) in [6.07, 6.45) is 1.92. The maximum absolute atomic E-state index is 15.1. The Bertz CT molecular complexity index is 1160. The zero-order chi connectivity index (χ0) is 26.5. The van der Waals surface area contributed by atoms with E-state index in [1.165, 1.54) is 12.3 Å². The lowest BCUT2D eigenvalue weighted by Gasteiger charge is -2.40. The number of carbonyl (C=O) groups is 1. The van der Waals surface area contributed by atoms with Crippen LogP contribution in [0.1, 0.15) is 38.3 Å². The van der Waals surface area contributed by atoms with Crippen molar-refractivity contribution in [2.24, 2.45) is 0 Å². The van der Waals surface area contributed by atoms with Crippen molar-refractivity contribution in [3.8, 4) is 0 Å². The van der Waals surface area contributed by atoms with E-state index < -0.39 is 26.6 Å². The van der Waals surface area contributed by atoms with Crippen molar-refractivity contribution < 1.29 is 17.6 Å². The van der Waals surface area contributed by atoms with Crippen LogP contribution in [0.25, 0.3) is 0 Å². The minimum atomic E-state index is -3.50. The fourth-order valence-electron chi connectivity index (χ4n) is 4.54. The van der Waals surface area contributed by atoms with Crippen LogP contribution in [0, 0.1) is 5.82 Å². The molecule has 2 aromatic carbocycles. The Morgan fingerprint density at radius 3 is 2.53 bits per heavy atom. The molecule has 3 rings (SSSR count). The molecular formula is C26H36ClFN4O3S. The zero-order valence-electron chi connectivity index (χ0n) is 21.2. The molecule has 198 valence electrons. The van der Waals surface area contributed by atoms with Crippen LogP contribution < -0.4 is 21.3 Å². The Morgan fingerprint density at radius 1 is 1.22 bits per heavy atom. The van der Waals surface area contributed by atoms with Gasteiger partial charge in [0.25, 0.3) is 0 Å². The summed E-state index contributed by atoms with van der Waals surface area (Å²) in [7, 11) is -3.50. The van der Waals surface area contributed by atoms with Gasteiger partial charge in [-0.15, -0.1) is 0 Å². The van der Waals surface area contributed by atoms with Crippen molar-refractivity contribution in [3.05, 3.63) is 64.4 Å². The molecule has 0 bridgehead atoms. The molecule has 0 aliphatic carbocycles. The van der Waals surface area contributed by atoms with E-state index in [9.17, 15) is 13.2 Å². The van der Waals surface area contributed by atoms with E-state index in [2.05, 4.69) is 21.3 Å². The number of nitrogens with one attached hydrogen (secondary N) is 4. The summed E-state index contributed by atoms with van der Waals surface area (Å²) in [6, 6.07) is 11.1. The molecule has 36 heavy (non-hydrogen) atoms. The second-order valence-corrected chi connectivity index (χ2v) is 12.7. The molecule has 10 heteroatoms. The van der Waals surface area contributed by atoms with Gasteiger partial charge in [0.05, 0.1) is 0 Å². The Balaban J connectivity index is 1.88. The number of amides is 1. The van der Waals surface area contributed by atoms with Crippen LogP contribution in [0.4, 0.5) is 10.1 Å². The van der Waals surface area contributed by atoms with E-state index in [1.54, 1.807) is 24.3 Å².